The molecule has 0 saturated carbocycles. The number of hydrogen-bond acceptors (Lipinski definition) is 4. The van der Waals surface area contributed by atoms with Crippen LogP contribution in [0.4, 0.5) is 5.69 Å². The molecule has 1 unspecified atom stereocenters. The van der Waals surface area contributed by atoms with Crippen molar-refractivity contribution in [2.24, 2.45) is 0 Å². The highest BCUT2D eigenvalue weighted by Crippen LogP contribution is 2.39. The van der Waals surface area contributed by atoms with Crippen LogP contribution in [0, 0.1) is 0 Å². The summed E-state index contributed by atoms with van der Waals surface area (Å²) in [5, 5.41) is 0. The van der Waals surface area contributed by atoms with Crippen molar-refractivity contribution in [2.45, 2.75) is 19.6 Å². The van der Waals surface area contributed by atoms with Crippen molar-refractivity contribution >= 4 is 40.6 Å². The first kappa shape index (κ1) is 14.3. The van der Waals surface area contributed by atoms with E-state index in [9.17, 15) is 4.79 Å². The average Bonchev–Trinajstić information content (AvgIpc) is 2.43. The molecule has 102 valence electrons. The quantitative estimate of drug-likeness (QED) is 0.462. The Morgan fingerprint density at radius 3 is 2.74 bits per heavy atom. The molecule has 0 spiro atoms. The topological polar surface area (TPSA) is 38.8 Å². The summed E-state index contributed by atoms with van der Waals surface area (Å²) >= 11 is 2.10. The van der Waals surface area contributed by atoms with Gasteiger partial charge in [-0.2, -0.15) is 0 Å². The molecule has 1 aliphatic heterocycles. The molecule has 1 aromatic carbocycles. The number of nitrogens with zero attached hydrogens (tertiary/aromatic N) is 1. The van der Waals surface area contributed by atoms with Gasteiger partial charge < -0.3 is 9.47 Å². The van der Waals surface area contributed by atoms with Gasteiger partial charge in [0.2, 0.25) is 0 Å². The standard InChI is InChI=1S/C14H16INO3/c1-3-18-13(17)14(19-4-2)10-9-11-7-5-6-8-12(11)16(14)15/h5-10H,3-4H2,1-2H3. The molecule has 1 atom stereocenters. The van der Waals surface area contributed by atoms with Crippen LogP contribution in [0.2, 0.25) is 0 Å². The van der Waals surface area contributed by atoms with Crippen molar-refractivity contribution in [1.82, 2.24) is 0 Å². The van der Waals surface area contributed by atoms with Crippen molar-refractivity contribution in [3.8, 4) is 0 Å². The van der Waals surface area contributed by atoms with E-state index < -0.39 is 11.7 Å². The Balaban J connectivity index is 2.44. The summed E-state index contributed by atoms with van der Waals surface area (Å²) in [4.78, 5) is 12.3. The zero-order valence-electron chi connectivity index (χ0n) is 10.9. The van der Waals surface area contributed by atoms with Crippen molar-refractivity contribution in [3.63, 3.8) is 0 Å². The fourth-order valence-corrected chi connectivity index (χ4v) is 2.96. The zero-order valence-corrected chi connectivity index (χ0v) is 13.1. The Bertz CT molecular complexity index is 503. The minimum atomic E-state index is -1.18. The predicted molar refractivity (Wildman–Crippen MR) is 83.0 cm³/mol. The number of benzene rings is 1. The SMILES string of the molecule is CCOC(=O)C1(OCC)C=Cc2ccccc2N1I. The second kappa shape index (κ2) is 5.92. The van der Waals surface area contributed by atoms with Gasteiger partial charge in [-0.25, -0.2) is 4.79 Å². The fraction of sp³-hybridized carbons (Fsp3) is 0.357. The third-order valence-electron chi connectivity index (χ3n) is 2.86. The van der Waals surface area contributed by atoms with Gasteiger partial charge in [0.25, 0.3) is 5.72 Å². The summed E-state index contributed by atoms with van der Waals surface area (Å²) in [5.74, 6) is -0.392. The summed E-state index contributed by atoms with van der Waals surface area (Å²) in [6.45, 7) is 4.40. The molecular formula is C14H16INO3. The smallest absolute Gasteiger partial charge is 0.365 e. The molecule has 0 amide bonds. The van der Waals surface area contributed by atoms with Gasteiger partial charge in [-0.3, -0.25) is 3.11 Å². The van der Waals surface area contributed by atoms with E-state index in [0.29, 0.717) is 13.2 Å². The maximum Gasteiger partial charge on any atom is 0.365 e. The lowest BCUT2D eigenvalue weighted by molar-refractivity contribution is -0.163. The highest BCUT2D eigenvalue weighted by atomic mass is 127. The first-order valence-corrected chi connectivity index (χ1v) is 7.17. The number of ether oxygens (including phenoxy) is 2. The predicted octanol–water partition coefficient (Wildman–Crippen LogP) is 3.17. The van der Waals surface area contributed by atoms with Crippen LogP contribution in [0.25, 0.3) is 6.08 Å². The van der Waals surface area contributed by atoms with E-state index in [1.807, 2.05) is 37.3 Å². The number of esters is 1. The minimum absolute atomic E-state index is 0.327. The third-order valence-corrected chi connectivity index (χ3v) is 4.10. The van der Waals surface area contributed by atoms with Crippen molar-refractivity contribution in [1.29, 1.82) is 0 Å². The largest absolute Gasteiger partial charge is 0.462 e. The van der Waals surface area contributed by atoms with Crippen LogP contribution in [-0.2, 0) is 14.3 Å². The summed E-state index contributed by atoms with van der Waals surface area (Å²) in [7, 11) is 0. The van der Waals surface area contributed by atoms with Crippen LogP contribution in [0.15, 0.2) is 30.3 Å². The average molecular weight is 373 g/mol. The van der Waals surface area contributed by atoms with Crippen LogP contribution in [-0.4, -0.2) is 24.9 Å². The van der Waals surface area contributed by atoms with Crippen LogP contribution in [0.1, 0.15) is 19.4 Å². The Hall–Kier alpha value is -1.08. The lowest BCUT2D eigenvalue weighted by Gasteiger charge is -2.39. The monoisotopic (exact) mass is 373 g/mol. The number of anilines is 1. The molecule has 0 N–H and O–H groups in total. The first-order chi connectivity index (χ1) is 9.15. The summed E-state index contributed by atoms with van der Waals surface area (Å²) < 4.78 is 12.7. The van der Waals surface area contributed by atoms with E-state index in [1.165, 1.54) is 0 Å². The molecular weight excluding hydrogens is 357 g/mol. The molecule has 0 fully saturated rings. The van der Waals surface area contributed by atoms with E-state index in [0.717, 1.165) is 11.3 Å². The first-order valence-electron chi connectivity index (χ1n) is 6.21. The van der Waals surface area contributed by atoms with Gasteiger partial charge in [-0.1, -0.05) is 24.3 Å². The van der Waals surface area contributed by atoms with Gasteiger partial charge in [0.15, 0.2) is 0 Å². The molecule has 1 aromatic rings. The number of fused-ring (bicyclic) bond motifs is 1. The van der Waals surface area contributed by atoms with Crippen LogP contribution in [0.3, 0.4) is 0 Å². The number of halogens is 1. The molecule has 5 heteroatoms. The number of carbonyl (C=O) groups is 1. The molecule has 0 radical (unpaired) electrons. The van der Waals surface area contributed by atoms with Crippen molar-refractivity contribution in [3.05, 3.63) is 35.9 Å². The lowest BCUT2D eigenvalue weighted by Crippen LogP contribution is -2.53. The number of para-hydroxylation sites is 1. The second-order valence-corrected chi connectivity index (χ2v) is 4.99. The van der Waals surface area contributed by atoms with E-state index >= 15 is 0 Å². The molecule has 0 bridgehead atoms. The molecule has 1 heterocycles. The molecule has 19 heavy (non-hydrogen) atoms. The Labute approximate surface area is 126 Å². The Kier molecular flexibility index (Phi) is 4.46. The Morgan fingerprint density at radius 2 is 2.05 bits per heavy atom. The maximum absolute atomic E-state index is 12.3. The van der Waals surface area contributed by atoms with Crippen molar-refractivity contribution in [2.75, 3.05) is 16.3 Å². The third kappa shape index (κ3) is 2.49. The van der Waals surface area contributed by atoms with Gasteiger partial charge in [0.05, 0.1) is 35.2 Å². The molecule has 4 nitrogen and oxygen atoms in total. The van der Waals surface area contributed by atoms with Crippen LogP contribution < -0.4 is 3.11 Å². The lowest BCUT2D eigenvalue weighted by atomic mass is 10.0. The van der Waals surface area contributed by atoms with E-state index in [-0.39, 0.29) is 0 Å². The van der Waals surface area contributed by atoms with Crippen molar-refractivity contribution < 1.29 is 14.3 Å². The molecule has 2 rings (SSSR count). The van der Waals surface area contributed by atoms with E-state index in [2.05, 4.69) is 22.9 Å². The molecule has 0 saturated heterocycles. The summed E-state index contributed by atoms with van der Waals surface area (Å²) in [6.07, 6.45) is 3.65. The summed E-state index contributed by atoms with van der Waals surface area (Å²) in [5.41, 5.74) is 0.809. The maximum atomic E-state index is 12.3. The number of carbonyl (C=O) groups excluding carboxylic acids is 1. The van der Waals surface area contributed by atoms with Crippen LogP contribution in [0.5, 0.6) is 0 Å². The van der Waals surface area contributed by atoms with E-state index in [1.54, 1.807) is 16.1 Å². The molecule has 1 aliphatic rings. The second-order valence-electron chi connectivity index (χ2n) is 4.02. The number of hydrogen-bond donors (Lipinski definition) is 0. The molecule has 0 aromatic heterocycles. The van der Waals surface area contributed by atoms with Crippen LogP contribution >= 0.6 is 22.9 Å². The highest BCUT2D eigenvalue weighted by molar-refractivity contribution is 14.1. The van der Waals surface area contributed by atoms with Gasteiger partial charge in [0, 0.05) is 6.61 Å². The van der Waals surface area contributed by atoms with Gasteiger partial charge in [-0.15, -0.1) is 0 Å². The van der Waals surface area contributed by atoms with Gasteiger partial charge >= 0.3 is 5.97 Å². The van der Waals surface area contributed by atoms with Gasteiger partial charge in [0.1, 0.15) is 0 Å². The minimum Gasteiger partial charge on any atom is -0.462 e. The normalized spacial score (nSPS) is 21.1. The zero-order chi connectivity index (χ0) is 13.9. The van der Waals surface area contributed by atoms with E-state index in [4.69, 9.17) is 9.47 Å². The Morgan fingerprint density at radius 1 is 1.32 bits per heavy atom. The fourth-order valence-electron chi connectivity index (χ4n) is 2.02. The summed E-state index contributed by atoms with van der Waals surface area (Å²) in [6, 6.07) is 7.86. The van der Waals surface area contributed by atoms with Gasteiger partial charge in [-0.05, 0) is 31.6 Å². The highest BCUT2D eigenvalue weighted by Gasteiger charge is 2.46. The number of rotatable bonds is 4. The molecule has 0 aliphatic carbocycles.